The van der Waals surface area contributed by atoms with Gasteiger partial charge in [0.15, 0.2) is 0 Å². The van der Waals surface area contributed by atoms with Crippen molar-refractivity contribution in [1.82, 2.24) is 4.90 Å². The maximum atomic E-state index is 5.63. The predicted octanol–water partition coefficient (Wildman–Crippen LogP) is 1.21. The standard InChI is InChI=1S/C9H20N2/c1-3-8(4-2)11-6-5-9(11)7-10/h8-9H,3-7,10H2,1-2H3. The van der Waals surface area contributed by atoms with Crippen LogP contribution in [0.15, 0.2) is 0 Å². The van der Waals surface area contributed by atoms with E-state index in [2.05, 4.69) is 18.7 Å². The number of likely N-dealkylation sites (tertiary alicyclic amines) is 1. The summed E-state index contributed by atoms with van der Waals surface area (Å²) < 4.78 is 0. The molecule has 0 aromatic rings. The van der Waals surface area contributed by atoms with Gasteiger partial charge >= 0.3 is 0 Å². The smallest absolute Gasteiger partial charge is 0.0233 e. The predicted molar refractivity (Wildman–Crippen MR) is 48.5 cm³/mol. The van der Waals surface area contributed by atoms with Gasteiger partial charge < -0.3 is 5.73 Å². The van der Waals surface area contributed by atoms with Gasteiger partial charge in [0, 0.05) is 25.2 Å². The van der Waals surface area contributed by atoms with Gasteiger partial charge in [-0.05, 0) is 19.3 Å². The molecule has 1 unspecified atom stereocenters. The summed E-state index contributed by atoms with van der Waals surface area (Å²) in [6, 6.07) is 1.48. The van der Waals surface area contributed by atoms with Crippen molar-refractivity contribution in [1.29, 1.82) is 0 Å². The number of hydrogen-bond acceptors (Lipinski definition) is 2. The Bertz CT molecular complexity index is 108. The maximum Gasteiger partial charge on any atom is 0.0233 e. The molecule has 0 aromatic carbocycles. The summed E-state index contributed by atoms with van der Waals surface area (Å²) in [5.41, 5.74) is 5.63. The number of nitrogens with zero attached hydrogens (tertiary/aromatic N) is 1. The Balaban J connectivity index is 2.33. The zero-order valence-electron chi connectivity index (χ0n) is 7.71. The quantitative estimate of drug-likeness (QED) is 0.663. The van der Waals surface area contributed by atoms with Crippen molar-refractivity contribution in [3.63, 3.8) is 0 Å². The van der Waals surface area contributed by atoms with E-state index in [1.54, 1.807) is 0 Å². The topological polar surface area (TPSA) is 29.3 Å². The van der Waals surface area contributed by atoms with Crippen molar-refractivity contribution < 1.29 is 0 Å². The molecule has 2 nitrogen and oxygen atoms in total. The van der Waals surface area contributed by atoms with E-state index < -0.39 is 0 Å². The molecule has 11 heavy (non-hydrogen) atoms. The molecule has 2 N–H and O–H groups in total. The van der Waals surface area contributed by atoms with Crippen LogP contribution in [0.4, 0.5) is 0 Å². The van der Waals surface area contributed by atoms with Crippen molar-refractivity contribution in [2.24, 2.45) is 5.73 Å². The highest BCUT2D eigenvalue weighted by atomic mass is 15.2. The number of hydrogen-bond donors (Lipinski definition) is 1. The third-order valence-electron chi connectivity index (χ3n) is 2.87. The lowest BCUT2D eigenvalue weighted by Crippen LogP contribution is -2.56. The van der Waals surface area contributed by atoms with E-state index in [9.17, 15) is 0 Å². The van der Waals surface area contributed by atoms with E-state index in [0.717, 1.165) is 12.6 Å². The van der Waals surface area contributed by atoms with Crippen LogP contribution in [0.1, 0.15) is 33.1 Å². The lowest BCUT2D eigenvalue weighted by atomic mass is 9.97. The van der Waals surface area contributed by atoms with Gasteiger partial charge in [0.25, 0.3) is 0 Å². The average Bonchev–Trinajstić information content (AvgIpc) is 1.98. The Morgan fingerprint density at radius 2 is 2.09 bits per heavy atom. The minimum Gasteiger partial charge on any atom is -0.329 e. The van der Waals surface area contributed by atoms with E-state index in [0.29, 0.717) is 6.04 Å². The first-order valence-corrected chi connectivity index (χ1v) is 4.79. The van der Waals surface area contributed by atoms with Crippen molar-refractivity contribution in [3.05, 3.63) is 0 Å². The Kier molecular flexibility index (Phi) is 3.34. The van der Waals surface area contributed by atoms with Crippen LogP contribution in [0.2, 0.25) is 0 Å². The van der Waals surface area contributed by atoms with Crippen molar-refractivity contribution in [2.45, 2.75) is 45.2 Å². The average molecular weight is 156 g/mol. The maximum absolute atomic E-state index is 5.63. The number of rotatable bonds is 4. The Labute approximate surface area is 69.8 Å². The SMILES string of the molecule is CCC(CC)N1CCC1CN. The van der Waals surface area contributed by atoms with Crippen LogP contribution in [0.25, 0.3) is 0 Å². The minimum absolute atomic E-state index is 0.694. The Morgan fingerprint density at radius 3 is 2.36 bits per heavy atom. The van der Waals surface area contributed by atoms with Gasteiger partial charge in [0.1, 0.15) is 0 Å². The molecule has 66 valence electrons. The van der Waals surface area contributed by atoms with Gasteiger partial charge in [-0.15, -0.1) is 0 Å². The van der Waals surface area contributed by atoms with Crippen molar-refractivity contribution in [3.8, 4) is 0 Å². The second-order valence-electron chi connectivity index (χ2n) is 3.39. The van der Waals surface area contributed by atoms with Gasteiger partial charge in [-0.3, -0.25) is 4.90 Å². The molecule has 0 saturated carbocycles. The van der Waals surface area contributed by atoms with Crippen molar-refractivity contribution in [2.75, 3.05) is 13.1 Å². The molecule has 0 bridgehead atoms. The van der Waals surface area contributed by atoms with E-state index in [1.165, 1.54) is 25.8 Å². The minimum atomic E-state index is 0.694. The normalized spacial score (nSPS) is 25.6. The van der Waals surface area contributed by atoms with E-state index in [-0.39, 0.29) is 0 Å². The molecule has 0 spiro atoms. The zero-order valence-corrected chi connectivity index (χ0v) is 7.71. The molecule has 1 aliphatic rings. The molecule has 0 radical (unpaired) electrons. The van der Waals surface area contributed by atoms with Crippen LogP contribution in [-0.4, -0.2) is 30.1 Å². The third kappa shape index (κ3) is 1.74. The zero-order chi connectivity index (χ0) is 8.27. The van der Waals surface area contributed by atoms with Gasteiger partial charge in [0.05, 0.1) is 0 Å². The molecule has 1 rings (SSSR count). The summed E-state index contributed by atoms with van der Waals surface area (Å²) >= 11 is 0. The summed E-state index contributed by atoms with van der Waals surface area (Å²) in [5, 5.41) is 0. The second kappa shape index (κ2) is 4.07. The van der Waals surface area contributed by atoms with Crippen LogP contribution in [0, 0.1) is 0 Å². The van der Waals surface area contributed by atoms with Crippen LogP contribution in [0.5, 0.6) is 0 Å². The van der Waals surface area contributed by atoms with Gasteiger partial charge in [0.2, 0.25) is 0 Å². The molecule has 0 amide bonds. The fraction of sp³-hybridized carbons (Fsp3) is 1.00. The summed E-state index contributed by atoms with van der Waals surface area (Å²) in [6.45, 7) is 6.64. The van der Waals surface area contributed by atoms with E-state index in [4.69, 9.17) is 5.73 Å². The first-order chi connectivity index (χ1) is 5.33. The summed E-state index contributed by atoms with van der Waals surface area (Å²) in [7, 11) is 0. The molecule has 2 heteroatoms. The Morgan fingerprint density at radius 1 is 1.45 bits per heavy atom. The van der Waals surface area contributed by atoms with E-state index in [1.807, 2.05) is 0 Å². The van der Waals surface area contributed by atoms with Gasteiger partial charge in [-0.2, -0.15) is 0 Å². The van der Waals surface area contributed by atoms with Crippen LogP contribution < -0.4 is 5.73 Å². The van der Waals surface area contributed by atoms with Crippen LogP contribution in [0.3, 0.4) is 0 Å². The lowest BCUT2D eigenvalue weighted by molar-refractivity contribution is 0.0425. The monoisotopic (exact) mass is 156 g/mol. The lowest BCUT2D eigenvalue weighted by Gasteiger charge is -2.45. The number of nitrogens with two attached hydrogens (primary N) is 1. The van der Waals surface area contributed by atoms with Crippen LogP contribution in [-0.2, 0) is 0 Å². The molecule has 1 atom stereocenters. The van der Waals surface area contributed by atoms with Gasteiger partial charge in [-0.25, -0.2) is 0 Å². The van der Waals surface area contributed by atoms with E-state index >= 15 is 0 Å². The fourth-order valence-corrected chi connectivity index (χ4v) is 1.95. The van der Waals surface area contributed by atoms with Crippen LogP contribution >= 0.6 is 0 Å². The molecule has 0 aromatic heterocycles. The second-order valence-corrected chi connectivity index (χ2v) is 3.39. The third-order valence-corrected chi connectivity index (χ3v) is 2.87. The summed E-state index contributed by atoms with van der Waals surface area (Å²) in [4.78, 5) is 2.56. The molecular weight excluding hydrogens is 136 g/mol. The van der Waals surface area contributed by atoms with Gasteiger partial charge in [-0.1, -0.05) is 13.8 Å². The summed E-state index contributed by atoms with van der Waals surface area (Å²) in [5.74, 6) is 0. The first kappa shape index (κ1) is 9.01. The molecule has 1 saturated heterocycles. The highest BCUT2D eigenvalue weighted by Crippen LogP contribution is 2.22. The molecule has 1 aliphatic heterocycles. The molecule has 1 fully saturated rings. The fourth-order valence-electron chi connectivity index (χ4n) is 1.95. The Hall–Kier alpha value is -0.0800. The molecule has 1 heterocycles. The summed E-state index contributed by atoms with van der Waals surface area (Å²) in [6.07, 6.45) is 3.85. The highest BCUT2D eigenvalue weighted by Gasteiger charge is 2.30. The molecule has 0 aliphatic carbocycles. The first-order valence-electron chi connectivity index (χ1n) is 4.79. The largest absolute Gasteiger partial charge is 0.329 e. The highest BCUT2D eigenvalue weighted by molar-refractivity contribution is 4.87. The van der Waals surface area contributed by atoms with Crippen molar-refractivity contribution >= 4 is 0 Å². The molecular formula is C9H20N2.